The third-order valence-corrected chi connectivity index (χ3v) is 8.06. The van der Waals surface area contributed by atoms with Crippen molar-refractivity contribution in [3.05, 3.63) is 77.9 Å². The first-order chi connectivity index (χ1) is 18.5. The van der Waals surface area contributed by atoms with Crippen molar-refractivity contribution in [3.8, 4) is 22.6 Å². The van der Waals surface area contributed by atoms with Crippen molar-refractivity contribution < 1.29 is 20.1 Å². The Balaban J connectivity index is 0.00000185. The maximum atomic E-state index is 12.0. The number of carboxylic acids is 1. The van der Waals surface area contributed by atoms with Gasteiger partial charge in [0.25, 0.3) is 0 Å². The molecule has 1 N–H and O–H groups in total. The van der Waals surface area contributed by atoms with Gasteiger partial charge in [-0.05, 0) is 67.5 Å². The summed E-state index contributed by atoms with van der Waals surface area (Å²) in [4.78, 5) is 12.0. The molecule has 0 saturated heterocycles. The van der Waals surface area contributed by atoms with Crippen molar-refractivity contribution in [3.63, 3.8) is 0 Å². The van der Waals surface area contributed by atoms with E-state index in [1.807, 2.05) is 43.6 Å². The Kier molecular flexibility index (Phi) is 9.72. The molecule has 0 unspecified atom stereocenters. The molecule has 2 saturated carbocycles. The van der Waals surface area contributed by atoms with Gasteiger partial charge in [0, 0.05) is 30.6 Å². The largest absolute Gasteiger partial charge is 2.00 e. The van der Waals surface area contributed by atoms with Gasteiger partial charge in [0.2, 0.25) is 0 Å². The number of carbonyl (C=O) groups is 1. The molecule has 0 aliphatic heterocycles. The van der Waals surface area contributed by atoms with Gasteiger partial charge >= 0.3 is 37.7 Å². The van der Waals surface area contributed by atoms with E-state index in [9.17, 15) is 9.90 Å². The molecule has 2 aromatic carbocycles. The molecule has 0 amide bonds. The summed E-state index contributed by atoms with van der Waals surface area (Å²) in [6, 6.07) is 16.2. The molecule has 204 valence electrons. The molecule has 0 bridgehead atoms. The minimum Gasteiger partial charge on any atom is -0.870 e. The zero-order valence-electron chi connectivity index (χ0n) is 22.9. The molecule has 3 atom stereocenters. The Morgan fingerprint density at radius 2 is 1.77 bits per heavy atom. The van der Waals surface area contributed by atoms with E-state index in [0.717, 1.165) is 34.7 Å². The summed E-state index contributed by atoms with van der Waals surface area (Å²) in [5, 5.41) is 24.7. The monoisotopic (exact) mass is 567 g/mol. The fourth-order valence-electron chi connectivity index (χ4n) is 5.92. The maximum Gasteiger partial charge on any atom is 2.00 e. The van der Waals surface area contributed by atoms with Crippen LogP contribution in [0.4, 0.5) is 0 Å². The number of rotatable bonds is 8. The van der Waals surface area contributed by atoms with Crippen LogP contribution in [0.3, 0.4) is 0 Å². The summed E-state index contributed by atoms with van der Waals surface area (Å²) in [6.07, 6.45) is 10.7. The number of hydrogen-bond donors (Lipinski definition) is 0. The van der Waals surface area contributed by atoms with Crippen molar-refractivity contribution in [1.29, 1.82) is 0 Å². The third-order valence-electron chi connectivity index (χ3n) is 8.06. The van der Waals surface area contributed by atoms with Crippen LogP contribution in [0.25, 0.3) is 16.8 Å². The molecular formula is C30H33CaN5O4. The zero-order chi connectivity index (χ0) is 26.2. The number of aromatic carboxylic acids is 1. The van der Waals surface area contributed by atoms with Gasteiger partial charge in [0.15, 0.2) is 0 Å². The summed E-state index contributed by atoms with van der Waals surface area (Å²) in [5.41, 5.74) is 4.49. The van der Waals surface area contributed by atoms with Crippen LogP contribution in [0.5, 0.6) is 5.75 Å². The van der Waals surface area contributed by atoms with Gasteiger partial charge in [-0.25, -0.2) is 4.68 Å². The predicted molar refractivity (Wildman–Crippen MR) is 149 cm³/mol. The average molecular weight is 568 g/mol. The Labute approximate surface area is 263 Å². The normalized spacial score (nSPS) is 19.2. The van der Waals surface area contributed by atoms with Crippen molar-refractivity contribution in [2.75, 3.05) is 0 Å². The van der Waals surface area contributed by atoms with Crippen LogP contribution in [-0.4, -0.2) is 80.1 Å². The average Bonchev–Trinajstić information content (AvgIpc) is 3.38. The van der Waals surface area contributed by atoms with Crippen LogP contribution in [-0.2, 0) is 7.05 Å². The number of carboxylic acid groups (broad SMARTS) is 1. The Morgan fingerprint density at radius 3 is 2.48 bits per heavy atom. The van der Waals surface area contributed by atoms with Crippen molar-refractivity contribution in [2.45, 2.75) is 63.4 Å². The van der Waals surface area contributed by atoms with Gasteiger partial charge in [-0.3, -0.25) is 4.68 Å². The van der Waals surface area contributed by atoms with E-state index in [1.54, 1.807) is 9.36 Å². The Morgan fingerprint density at radius 1 is 1.05 bits per heavy atom. The summed E-state index contributed by atoms with van der Waals surface area (Å²) in [7, 11) is 1.83. The van der Waals surface area contributed by atoms with Crippen LogP contribution >= 0.6 is 0 Å². The van der Waals surface area contributed by atoms with E-state index >= 15 is 0 Å². The molecule has 40 heavy (non-hydrogen) atoms. The second-order valence-electron chi connectivity index (χ2n) is 10.7. The summed E-state index contributed by atoms with van der Waals surface area (Å²) < 4.78 is 9.78. The van der Waals surface area contributed by atoms with Crippen molar-refractivity contribution in [2.24, 2.45) is 13.0 Å². The van der Waals surface area contributed by atoms with E-state index in [4.69, 9.17) is 4.74 Å². The molecule has 4 aromatic rings. The van der Waals surface area contributed by atoms with Gasteiger partial charge < -0.3 is 20.1 Å². The number of carbonyl (C=O) groups excluding carboxylic acids is 1. The second kappa shape index (κ2) is 12.8. The van der Waals surface area contributed by atoms with E-state index in [-0.39, 0.29) is 66.7 Å². The summed E-state index contributed by atoms with van der Waals surface area (Å²) in [6.45, 7) is 2.18. The smallest absolute Gasteiger partial charge is 0.870 e. The summed E-state index contributed by atoms with van der Waals surface area (Å²) >= 11 is 0. The number of ether oxygens (including phenoxy) is 1. The quantitative estimate of drug-likeness (QED) is 0.293. The Bertz CT molecular complexity index is 1460. The molecule has 9 nitrogen and oxygen atoms in total. The fraction of sp³-hybridized carbons (Fsp3) is 0.400. The molecule has 6 rings (SSSR count). The van der Waals surface area contributed by atoms with Gasteiger partial charge in [0.1, 0.15) is 5.75 Å². The molecule has 2 heterocycles. The van der Waals surface area contributed by atoms with Crippen LogP contribution in [0.15, 0.2) is 60.9 Å². The van der Waals surface area contributed by atoms with Crippen LogP contribution in [0.1, 0.15) is 79.0 Å². The van der Waals surface area contributed by atoms with Gasteiger partial charge in [0.05, 0.1) is 35.3 Å². The fourth-order valence-corrected chi connectivity index (χ4v) is 5.92. The van der Waals surface area contributed by atoms with Crippen LogP contribution < -0.4 is 9.84 Å². The predicted octanol–water partition coefficient (Wildman–Crippen LogP) is 4.09. The number of nitrogens with zero attached hydrogens (tertiary/aromatic N) is 5. The minimum atomic E-state index is -1.22. The standard InChI is InChI=1S/C30H33N5O3.Ca.H2O/c1-19(20-8-4-3-5-9-20)38-24-13-7-11-22(15-24)21-10-6-12-23(14-21)35-29(27(17-31-35)30(36)37)26-16-25(26)28-18-34(2)33-32-28;;/h6-7,10-15,17-20,25-26H,3-5,8-9,16H2,1-2H3,(H,36,37);;1H2/q;+2;/p-2/t19-,25+,26+;;/m0../s1. The Hall–Kier alpha value is -2.72. The molecule has 2 aliphatic carbocycles. The number of benzene rings is 2. The SMILES string of the molecule is C[C@H](Oc1cccc(-c2cccc(-n3ncc(C(=O)[O-])c3[C@@H]3C[C@H]3c3cn(C)nn3)c2)c1)C1CCCCC1.[Ca+2].[OH-]. The molecular weight excluding hydrogens is 534 g/mol. The van der Waals surface area contributed by atoms with Gasteiger partial charge in [-0.1, -0.05) is 48.7 Å². The molecule has 0 spiro atoms. The first-order valence-corrected chi connectivity index (χ1v) is 13.5. The number of aromatic nitrogens is 5. The zero-order valence-corrected chi connectivity index (χ0v) is 25.1. The number of hydrogen-bond acceptors (Lipinski definition) is 7. The van der Waals surface area contributed by atoms with Gasteiger partial charge in [-0.15, -0.1) is 5.10 Å². The van der Waals surface area contributed by atoms with E-state index in [2.05, 4.69) is 40.5 Å². The van der Waals surface area contributed by atoms with Gasteiger partial charge in [-0.2, -0.15) is 5.10 Å². The first-order valence-electron chi connectivity index (χ1n) is 13.5. The molecule has 10 heteroatoms. The van der Waals surface area contributed by atoms with E-state index in [1.165, 1.54) is 38.3 Å². The molecule has 2 aliphatic rings. The minimum absolute atomic E-state index is 0. The second-order valence-corrected chi connectivity index (χ2v) is 10.7. The number of aryl methyl sites for hydroxylation is 1. The van der Waals surface area contributed by atoms with E-state index in [0.29, 0.717) is 11.6 Å². The van der Waals surface area contributed by atoms with Crippen molar-refractivity contribution in [1.82, 2.24) is 24.8 Å². The van der Waals surface area contributed by atoms with Crippen LogP contribution in [0.2, 0.25) is 0 Å². The molecule has 2 aromatic heterocycles. The first kappa shape index (κ1) is 30.2. The van der Waals surface area contributed by atoms with Crippen LogP contribution in [0, 0.1) is 5.92 Å². The van der Waals surface area contributed by atoms with Crippen molar-refractivity contribution >= 4 is 43.7 Å². The van der Waals surface area contributed by atoms with E-state index < -0.39 is 5.97 Å². The third kappa shape index (κ3) is 6.28. The maximum absolute atomic E-state index is 12.0. The summed E-state index contributed by atoms with van der Waals surface area (Å²) in [5.74, 6) is 0.364. The molecule has 2 fully saturated rings. The molecule has 0 radical (unpaired) electrons. The topological polar surface area (TPSA) is 128 Å².